The number of hydrogen-bond donors (Lipinski definition) is 1. The predicted octanol–water partition coefficient (Wildman–Crippen LogP) is 5.38. The fourth-order valence-corrected chi connectivity index (χ4v) is 8.11. The van der Waals surface area contributed by atoms with E-state index in [1.54, 1.807) is 10.5 Å². The minimum atomic E-state index is -3.59. The fraction of sp³-hybridized carbons (Fsp3) is 0.483. The summed E-state index contributed by atoms with van der Waals surface area (Å²) in [5.74, 6) is 1.09. The zero-order valence-corrected chi connectivity index (χ0v) is 24.8. The maximum absolute atomic E-state index is 13.8. The maximum atomic E-state index is 13.8. The topological polar surface area (TPSA) is 92.0 Å². The molecule has 0 bridgehead atoms. The molecule has 0 saturated carbocycles. The Morgan fingerprint density at radius 2 is 2.13 bits per heavy atom. The first-order valence-electron chi connectivity index (χ1n) is 13.7. The van der Waals surface area contributed by atoms with Crippen LogP contribution < -0.4 is 5.32 Å². The van der Waals surface area contributed by atoms with Crippen LogP contribution in [0.25, 0.3) is 0 Å². The van der Waals surface area contributed by atoms with Gasteiger partial charge in [-0.2, -0.15) is 9.40 Å². The quantitative estimate of drug-likeness (QED) is 0.468. The van der Waals surface area contributed by atoms with Crippen molar-refractivity contribution in [2.24, 2.45) is 27.2 Å². The van der Waals surface area contributed by atoms with E-state index in [-0.39, 0.29) is 17.3 Å². The number of aliphatic imine (C=N–C) groups is 2. The third-order valence-corrected chi connectivity index (χ3v) is 11.0. The van der Waals surface area contributed by atoms with E-state index >= 15 is 0 Å². The van der Waals surface area contributed by atoms with Crippen LogP contribution in [-0.4, -0.2) is 54.1 Å². The van der Waals surface area contributed by atoms with Crippen molar-refractivity contribution in [1.82, 2.24) is 19.4 Å². The average Bonchev–Trinajstić information content (AvgIpc) is 3.33. The number of sulfonamides is 1. The number of fused-ring (bicyclic) bond motifs is 2. The normalized spacial score (nSPS) is 32.3. The number of nitrogens with zero attached hydrogens (tertiary/aromatic N) is 5. The molecular formula is C29H35BrN6O2S. The zero-order valence-electron chi connectivity index (χ0n) is 22.4. The van der Waals surface area contributed by atoms with E-state index in [2.05, 4.69) is 57.3 Å². The van der Waals surface area contributed by atoms with Gasteiger partial charge in [-0.3, -0.25) is 10.3 Å². The molecule has 0 amide bonds. The summed E-state index contributed by atoms with van der Waals surface area (Å²) in [6.07, 6.45) is 23.7. The summed E-state index contributed by atoms with van der Waals surface area (Å²) in [6.45, 7) is 6.07. The van der Waals surface area contributed by atoms with Gasteiger partial charge in [-0.25, -0.2) is 18.1 Å². The van der Waals surface area contributed by atoms with Gasteiger partial charge in [0, 0.05) is 61.4 Å². The van der Waals surface area contributed by atoms with Gasteiger partial charge in [0.25, 0.3) is 0 Å². The van der Waals surface area contributed by atoms with Crippen molar-refractivity contribution >= 4 is 43.7 Å². The van der Waals surface area contributed by atoms with Crippen LogP contribution in [-0.2, 0) is 15.7 Å². The number of piperidine rings is 1. The Morgan fingerprint density at radius 1 is 1.26 bits per heavy atom. The molecule has 0 spiro atoms. The van der Waals surface area contributed by atoms with E-state index in [1.165, 1.54) is 0 Å². The smallest absolute Gasteiger partial charge is 0.242 e. The van der Waals surface area contributed by atoms with Crippen molar-refractivity contribution < 1.29 is 8.42 Å². The Hall–Kier alpha value is -2.40. The van der Waals surface area contributed by atoms with Crippen molar-refractivity contribution in [3.63, 3.8) is 0 Å². The van der Waals surface area contributed by atoms with Gasteiger partial charge >= 0.3 is 0 Å². The maximum Gasteiger partial charge on any atom is 0.242 e. The lowest BCUT2D eigenvalue weighted by molar-refractivity contribution is 0.198. The molecule has 4 unspecified atom stereocenters. The molecule has 1 N–H and O–H groups in total. The van der Waals surface area contributed by atoms with Crippen LogP contribution in [0.3, 0.4) is 0 Å². The summed E-state index contributed by atoms with van der Waals surface area (Å²) >= 11 is 3.64. The second kappa shape index (κ2) is 10.2. The number of rotatable bonds is 6. The van der Waals surface area contributed by atoms with E-state index < -0.39 is 15.7 Å². The molecule has 39 heavy (non-hydrogen) atoms. The molecule has 206 valence electrons. The molecule has 8 nitrogen and oxygen atoms in total. The summed E-state index contributed by atoms with van der Waals surface area (Å²) in [6, 6.07) is 0. The highest BCUT2D eigenvalue weighted by molar-refractivity contribution is 9.10. The molecule has 1 aromatic rings. The second-order valence-electron chi connectivity index (χ2n) is 11.7. The standard InChI is InChI=1S/C29H35BrN6O2S/c1-28(12-6-13-31-19-28)20-32-29(2)16-26(34-27-25(30)17-33-36(27)29)23-9-5-14-35(18-23)39(37,38)24-11-10-21-7-3-4-8-22(21)15-24/h3-4,6-8,11,13,15,17,19,21,23,32H,5,9-10,12,14,16,18,20H2,1-2H3. The van der Waals surface area contributed by atoms with Gasteiger partial charge in [-0.1, -0.05) is 43.4 Å². The van der Waals surface area contributed by atoms with Crippen molar-refractivity contribution in [3.8, 4) is 0 Å². The van der Waals surface area contributed by atoms with Crippen LogP contribution >= 0.6 is 15.9 Å². The highest BCUT2D eigenvalue weighted by Gasteiger charge is 2.41. The van der Waals surface area contributed by atoms with Gasteiger partial charge in [0.05, 0.1) is 15.6 Å². The summed E-state index contributed by atoms with van der Waals surface area (Å²) in [5, 5.41) is 8.43. The summed E-state index contributed by atoms with van der Waals surface area (Å²) in [5.41, 5.74) is 1.51. The summed E-state index contributed by atoms with van der Waals surface area (Å²) in [7, 11) is -3.59. The molecule has 4 atom stereocenters. The van der Waals surface area contributed by atoms with Crippen molar-refractivity contribution in [2.75, 3.05) is 19.6 Å². The predicted molar refractivity (Wildman–Crippen MR) is 159 cm³/mol. The molecule has 5 aliphatic rings. The van der Waals surface area contributed by atoms with Gasteiger partial charge in [-0.05, 0) is 60.2 Å². The van der Waals surface area contributed by atoms with Crippen LogP contribution in [0.4, 0.5) is 5.82 Å². The van der Waals surface area contributed by atoms with Gasteiger partial charge < -0.3 is 0 Å². The van der Waals surface area contributed by atoms with E-state index in [9.17, 15) is 8.42 Å². The first kappa shape index (κ1) is 26.8. The number of hydrogen-bond acceptors (Lipinski definition) is 6. The molecule has 6 rings (SSSR count). The second-order valence-corrected chi connectivity index (χ2v) is 14.5. The molecular weight excluding hydrogens is 576 g/mol. The van der Waals surface area contributed by atoms with Gasteiger partial charge in [-0.15, -0.1) is 0 Å². The highest BCUT2D eigenvalue weighted by atomic mass is 79.9. The Morgan fingerprint density at radius 3 is 2.95 bits per heavy atom. The Balaban J connectivity index is 1.23. The lowest BCUT2D eigenvalue weighted by atomic mass is 9.84. The summed E-state index contributed by atoms with van der Waals surface area (Å²) < 4.78 is 32.0. The first-order valence-corrected chi connectivity index (χ1v) is 15.9. The van der Waals surface area contributed by atoms with Crippen molar-refractivity contribution in [2.45, 2.75) is 51.6 Å². The van der Waals surface area contributed by atoms with Gasteiger partial charge in [0.1, 0.15) is 5.66 Å². The van der Waals surface area contributed by atoms with Crippen LogP contribution in [0.2, 0.25) is 0 Å². The number of nitrogens with one attached hydrogen (secondary N) is 1. The molecule has 1 fully saturated rings. The lowest BCUT2D eigenvalue weighted by Gasteiger charge is -2.41. The molecule has 3 aliphatic heterocycles. The number of aromatic nitrogens is 2. The third-order valence-electron chi connectivity index (χ3n) is 8.52. The first-order chi connectivity index (χ1) is 18.7. The molecule has 2 aliphatic carbocycles. The van der Waals surface area contributed by atoms with Crippen LogP contribution in [0.5, 0.6) is 0 Å². The SMILES string of the molecule is CC1(CNC2(C)CC(C3CCCN(S(=O)(=O)C4=CCC5C=CC=CC5=C4)C3)=Nc3c(Br)cnn32)C=NC=CC1. The van der Waals surface area contributed by atoms with E-state index in [0.29, 0.717) is 30.8 Å². The van der Waals surface area contributed by atoms with Gasteiger partial charge in [0.15, 0.2) is 5.82 Å². The highest BCUT2D eigenvalue weighted by Crippen LogP contribution is 2.40. The average molecular weight is 612 g/mol. The van der Waals surface area contributed by atoms with Crippen LogP contribution in [0.15, 0.2) is 79.9 Å². The Bertz CT molecular complexity index is 1480. The molecule has 0 aromatic carbocycles. The fourth-order valence-electron chi connectivity index (χ4n) is 6.13. The number of halogens is 1. The third kappa shape index (κ3) is 5.12. The van der Waals surface area contributed by atoms with E-state index in [1.807, 2.05) is 47.5 Å². The molecule has 10 heteroatoms. The van der Waals surface area contributed by atoms with E-state index in [0.717, 1.165) is 47.4 Å². The van der Waals surface area contributed by atoms with E-state index in [4.69, 9.17) is 4.99 Å². The Labute approximate surface area is 239 Å². The molecule has 1 aromatic heterocycles. The lowest BCUT2D eigenvalue weighted by Crippen LogP contribution is -2.53. The van der Waals surface area contributed by atoms with Crippen LogP contribution in [0, 0.1) is 17.3 Å². The van der Waals surface area contributed by atoms with Crippen LogP contribution in [0.1, 0.15) is 46.0 Å². The van der Waals surface area contributed by atoms with Crippen molar-refractivity contribution in [1.29, 1.82) is 0 Å². The monoisotopic (exact) mass is 610 g/mol. The largest absolute Gasteiger partial charge is 0.292 e. The zero-order chi connectivity index (χ0) is 27.3. The minimum absolute atomic E-state index is 0.0436. The minimum Gasteiger partial charge on any atom is -0.292 e. The van der Waals surface area contributed by atoms with Crippen molar-refractivity contribution in [3.05, 3.63) is 69.9 Å². The van der Waals surface area contributed by atoms with Gasteiger partial charge in [0.2, 0.25) is 10.0 Å². The Kier molecular flexibility index (Phi) is 7.02. The molecule has 4 heterocycles. The molecule has 1 saturated heterocycles. The summed E-state index contributed by atoms with van der Waals surface area (Å²) in [4.78, 5) is 9.84. The molecule has 0 radical (unpaired) electrons. The number of allylic oxidation sites excluding steroid dienone is 8.